The number of rotatable bonds is 5. The number of ether oxygens (including phenoxy) is 1. The Labute approximate surface area is 181 Å². The molecular weight excluding hydrogens is 437 g/mol. The Kier molecular flexibility index (Phi) is 6.57. The van der Waals surface area contributed by atoms with Crippen LogP contribution in [-0.2, 0) is 4.79 Å². The Morgan fingerprint density at radius 1 is 1.21 bits per heavy atom. The van der Waals surface area contributed by atoms with E-state index in [0.29, 0.717) is 31.9 Å². The third-order valence-electron chi connectivity index (χ3n) is 3.72. The number of halogens is 2. The lowest BCUT2D eigenvalue weighted by Crippen LogP contribution is -2.27. The minimum atomic E-state index is -0.545. The maximum atomic E-state index is 12.4. The molecule has 142 valence electrons. The average Bonchev–Trinajstić information content (AvgIpc) is 2.92. The minimum Gasteiger partial charge on any atom is -0.421 e. The summed E-state index contributed by atoms with van der Waals surface area (Å²) >= 11 is 18.5. The van der Waals surface area contributed by atoms with Crippen molar-refractivity contribution in [2.45, 2.75) is 0 Å². The van der Waals surface area contributed by atoms with Gasteiger partial charge in [-0.25, -0.2) is 4.79 Å². The molecule has 2 aromatic rings. The fourth-order valence-electron chi connectivity index (χ4n) is 2.37. The Hall–Kier alpha value is -2.12. The lowest BCUT2D eigenvalue weighted by Gasteiger charge is -2.10. The second-order valence-electron chi connectivity index (χ2n) is 5.67. The maximum absolute atomic E-state index is 12.4. The van der Waals surface area contributed by atoms with Crippen molar-refractivity contribution in [1.29, 1.82) is 0 Å². The smallest absolute Gasteiger partial charge is 0.343 e. The third-order valence-corrected chi connectivity index (χ3v) is 5.65. The summed E-state index contributed by atoms with van der Waals surface area (Å²) in [6.07, 6.45) is 3.31. The molecule has 8 heteroatoms. The molecular formula is C20H13Cl2NO3S2. The molecule has 0 unspecified atom stereocenters. The van der Waals surface area contributed by atoms with Crippen molar-refractivity contribution < 1.29 is 14.3 Å². The Balaban J connectivity index is 1.76. The van der Waals surface area contributed by atoms with Gasteiger partial charge in [-0.1, -0.05) is 59.3 Å². The van der Waals surface area contributed by atoms with Gasteiger partial charge in [-0.2, -0.15) is 0 Å². The first-order valence-electron chi connectivity index (χ1n) is 8.02. The molecule has 0 saturated carbocycles. The molecule has 1 amide bonds. The molecule has 28 heavy (non-hydrogen) atoms. The molecule has 0 radical (unpaired) electrons. The van der Waals surface area contributed by atoms with Crippen molar-refractivity contribution in [3.63, 3.8) is 0 Å². The molecule has 0 aliphatic carbocycles. The van der Waals surface area contributed by atoms with E-state index in [1.54, 1.807) is 54.6 Å². The summed E-state index contributed by atoms with van der Waals surface area (Å²) in [6.45, 7) is 3.99. The molecule has 0 aromatic heterocycles. The van der Waals surface area contributed by atoms with E-state index in [0.717, 1.165) is 0 Å². The lowest BCUT2D eigenvalue weighted by atomic mass is 10.2. The normalized spacial score (nSPS) is 15.2. The van der Waals surface area contributed by atoms with E-state index in [-0.39, 0.29) is 16.7 Å². The number of nitrogens with zero attached hydrogens (tertiary/aromatic N) is 1. The van der Waals surface area contributed by atoms with Crippen LogP contribution in [0.2, 0.25) is 10.0 Å². The van der Waals surface area contributed by atoms with E-state index < -0.39 is 5.97 Å². The summed E-state index contributed by atoms with van der Waals surface area (Å²) in [5.41, 5.74) is 1.05. The van der Waals surface area contributed by atoms with Crippen molar-refractivity contribution in [2.75, 3.05) is 6.54 Å². The second kappa shape index (κ2) is 8.92. The molecule has 1 heterocycles. The van der Waals surface area contributed by atoms with Crippen molar-refractivity contribution in [3.05, 3.63) is 81.2 Å². The van der Waals surface area contributed by atoms with Crippen LogP contribution in [-0.4, -0.2) is 27.6 Å². The topological polar surface area (TPSA) is 46.6 Å². The van der Waals surface area contributed by atoms with Gasteiger partial charge in [0.05, 0.1) is 15.5 Å². The number of hydrogen-bond donors (Lipinski definition) is 0. The number of amides is 1. The molecule has 0 N–H and O–H groups in total. The monoisotopic (exact) mass is 449 g/mol. The van der Waals surface area contributed by atoms with Crippen LogP contribution >= 0.6 is 47.2 Å². The van der Waals surface area contributed by atoms with Crippen molar-refractivity contribution in [3.8, 4) is 5.75 Å². The third kappa shape index (κ3) is 4.64. The van der Waals surface area contributed by atoms with E-state index in [1.807, 2.05) is 0 Å². The van der Waals surface area contributed by atoms with Crippen LogP contribution < -0.4 is 4.74 Å². The van der Waals surface area contributed by atoms with Crippen molar-refractivity contribution >= 4 is 69.5 Å². The van der Waals surface area contributed by atoms with Gasteiger partial charge in [0.25, 0.3) is 5.91 Å². The zero-order valence-electron chi connectivity index (χ0n) is 14.4. The molecule has 2 aromatic carbocycles. The Morgan fingerprint density at radius 2 is 1.93 bits per heavy atom. The predicted molar refractivity (Wildman–Crippen MR) is 118 cm³/mol. The van der Waals surface area contributed by atoms with Crippen LogP contribution in [0.4, 0.5) is 0 Å². The minimum absolute atomic E-state index is 0.177. The highest BCUT2D eigenvalue weighted by atomic mass is 35.5. The van der Waals surface area contributed by atoms with Crippen LogP contribution in [0.15, 0.2) is 60.0 Å². The second-order valence-corrected chi connectivity index (χ2v) is 8.19. The van der Waals surface area contributed by atoms with Gasteiger partial charge in [-0.3, -0.25) is 9.69 Å². The van der Waals surface area contributed by atoms with Gasteiger partial charge in [-0.15, -0.1) is 6.58 Å². The summed E-state index contributed by atoms with van der Waals surface area (Å²) in [7, 11) is 0. The average molecular weight is 450 g/mol. The molecule has 1 fully saturated rings. The van der Waals surface area contributed by atoms with Crippen LogP contribution in [0, 0.1) is 0 Å². The number of esters is 1. The number of benzene rings is 2. The standard InChI is InChI=1S/C20H13Cl2NO3S2/c1-2-9-23-18(24)17(28-20(23)27)11-12-3-8-16(15(22)10-12)26-19(25)13-4-6-14(21)7-5-13/h2-8,10-11H,1,9H2. The van der Waals surface area contributed by atoms with E-state index in [4.69, 9.17) is 40.2 Å². The molecule has 4 nitrogen and oxygen atoms in total. The van der Waals surface area contributed by atoms with E-state index >= 15 is 0 Å². The number of thiocarbonyl (C=S) groups is 1. The van der Waals surface area contributed by atoms with Crippen molar-refractivity contribution in [2.24, 2.45) is 0 Å². The molecule has 1 aliphatic rings. The van der Waals surface area contributed by atoms with E-state index in [2.05, 4.69) is 6.58 Å². The zero-order valence-corrected chi connectivity index (χ0v) is 17.5. The van der Waals surface area contributed by atoms with Crippen LogP contribution in [0.1, 0.15) is 15.9 Å². The van der Waals surface area contributed by atoms with E-state index in [1.165, 1.54) is 16.7 Å². The van der Waals surface area contributed by atoms with Crippen molar-refractivity contribution in [1.82, 2.24) is 4.90 Å². The predicted octanol–water partition coefficient (Wildman–Crippen LogP) is 5.60. The quantitative estimate of drug-likeness (QED) is 0.195. The molecule has 3 rings (SSSR count). The number of carbonyl (C=O) groups excluding carboxylic acids is 2. The van der Waals surface area contributed by atoms with Gasteiger partial charge in [0.1, 0.15) is 10.1 Å². The van der Waals surface area contributed by atoms with Crippen LogP contribution in [0.5, 0.6) is 5.75 Å². The van der Waals surface area contributed by atoms with Gasteiger partial charge < -0.3 is 4.74 Å². The molecule has 1 saturated heterocycles. The maximum Gasteiger partial charge on any atom is 0.343 e. The highest BCUT2D eigenvalue weighted by Crippen LogP contribution is 2.34. The largest absolute Gasteiger partial charge is 0.421 e. The Morgan fingerprint density at radius 3 is 2.57 bits per heavy atom. The summed E-state index contributed by atoms with van der Waals surface area (Å²) < 4.78 is 5.82. The van der Waals surface area contributed by atoms with Gasteiger partial charge in [0, 0.05) is 11.6 Å². The molecule has 1 aliphatic heterocycles. The lowest BCUT2D eigenvalue weighted by molar-refractivity contribution is -0.121. The van der Waals surface area contributed by atoms with Crippen LogP contribution in [0.3, 0.4) is 0 Å². The first-order valence-corrected chi connectivity index (χ1v) is 10.0. The molecule has 0 bridgehead atoms. The highest BCUT2D eigenvalue weighted by Gasteiger charge is 2.30. The fraction of sp³-hybridized carbons (Fsp3) is 0.0500. The molecule has 0 atom stereocenters. The zero-order chi connectivity index (χ0) is 20.3. The SMILES string of the molecule is C=CCN1C(=O)C(=Cc2ccc(OC(=O)c3ccc(Cl)cc3)c(Cl)c2)SC1=S. The fourth-order valence-corrected chi connectivity index (χ4v) is 4.00. The highest BCUT2D eigenvalue weighted by molar-refractivity contribution is 8.26. The van der Waals surface area contributed by atoms with Gasteiger partial charge >= 0.3 is 5.97 Å². The first kappa shape index (κ1) is 20.6. The van der Waals surface area contributed by atoms with Gasteiger partial charge in [0.15, 0.2) is 0 Å². The van der Waals surface area contributed by atoms with Gasteiger partial charge in [-0.05, 0) is 48.0 Å². The molecule has 0 spiro atoms. The summed E-state index contributed by atoms with van der Waals surface area (Å²) in [5, 5.41) is 0.773. The Bertz CT molecular complexity index is 1000. The number of hydrogen-bond acceptors (Lipinski definition) is 5. The summed E-state index contributed by atoms with van der Waals surface area (Å²) in [5.74, 6) is -0.501. The summed E-state index contributed by atoms with van der Waals surface area (Å²) in [6, 6.07) is 11.2. The number of thioether (sulfide) groups is 1. The summed E-state index contributed by atoms with van der Waals surface area (Å²) in [4.78, 5) is 26.6. The van der Waals surface area contributed by atoms with E-state index in [9.17, 15) is 9.59 Å². The van der Waals surface area contributed by atoms with Gasteiger partial charge in [0.2, 0.25) is 0 Å². The first-order chi connectivity index (χ1) is 13.4. The van der Waals surface area contributed by atoms with Crippen LogP contribution in [0.25, 0.3) is 6.08 Å². The number of carbonyl (C=O) groups is 2.